The van der Waals surface area contributed by atoms with Crippen molar-refractivity contribution in [2.24, 2.45) is 0 Å². The van der Waals surface area contributed by atoms with E-state index >= 15 is 0 Å². The molecular formula is C17H19ClN2O5S. The second-order valence-electron chi connectivity index (χ2n) is 6.03. The highest BCUT2D eigenvalue weighted by molar-refractivity contribution is 7.89. The fraction of sp³-hybridized carbons (Fsp3) is 0.353. The Labute approximate surface area is 156 Å². The number of furan rings is 1. The van der Waals surface area contributed by atoms with E-state index in [-0.39, 0.29) is 23.9 Å². The Balaban J connectivity index is 1.80. The minimum Gasteiger partial charge on any atom is -0.438 e. The van der Waals surface area contributed by atoms with Crippen molar-refractivity contribution in [3.8, 4) is 0 Å². The number of benzene rings is 1. The first-order valence-electron chi connectivity index (χ1n) is 8.05. The molecule has 1 fully saturated rings. The molecule has 1 N–H and O–H groups in total. The maximum atomic E-state index is 12.6. The van der Waals surface area contributed by atoms with Gasteiger partial charge in [-0.1, -0.05) is 17.7 Å². The van der Waals surface area contributed by atoms with Crippen molar-refractivity contribution in [1.29, 1.82) is 0 Å². The topological polar surface area (TPSA) is 88.9 Å². The Morgan fingerprint density at radius 1 is 1.19 bits per heavy atom. The van der Waals surface area contributed by atoms with Gasteiger partial charge in [0.1, 0.15) is 0 Å². The SMILES string of the molecule is Cc1cc(C)c(NC(=O)c2ccc(S(=O)(=O)N3CCOCC3)o2)c(Cl)c1. The number of aryl methyl sites for hydroxylation is 2. The average Bonchev–Trinajstić information content (AvgIpc) is 3.09. The molecule has 1 aromatic carbocycles. The molecule has 0 saturated carbocycles. The van der Waals surface area contributed by atoms with Gasteiger partial charge in [-0.05, 0) is 43.2 Å². The van der Waals surface area contributed by atoms with Gasteiger partial charge in [0.2, 0.25) is 5.09 Å². The maximum absolute atomic E-state index is 12.6. The van der Waals surface area contributed by atoms with E-state index in [2.05, 4.69) is 5.32 Å². The summed E-state index contributed by atoms with van der Waals surface area (Å²) in [5.41, 5.74) is 2.25. The lowest BCUT2D eigenvalue weighted by Crippen LogP contribution is -2.40. The van der Waals surface area contributed by atoms with E-state index in [1.54, 1.807) is 6.07 Å². The molecule has 3 rings (SSSR count). The predicted molar refractivity (Wildman–Crippen MR) is 97.2 cm³/mol. The molecule has 1 aliphatic heterocycles. The minimum atomic E-state index is -3.79. The number of rotatable bonds is 4. The van der Waals surface area contributed by atoms with E-state index in [4.69, 9.17) is 20.8 Å². The van der Waals surface area contributed by atoms with E-state index < -0.39 is 15.9 Å². The third-order valence-corrected chi connectivity index (χ3v) is 6.11. The fourth-order valence-corrected chi connectivity index (χ4v) is 4.43. The quantitative estimate of drug-likeness (QED) is 0.855. The first kappa shape index (κ1) is 18.9. The highest BCUT2D eigenvalue weighted by Gasteiger charge is 2.30. The number of sulfonamides is 1. The highest BCUT2D eigenvalue weighted by Crippen LogP contribution is 2.28. The number of amides is 1. The van der Waals surface area contributed by atoms with Crippen molar-refractivity contribution in [2.45, 2.75) is 18.9 Å². The standard InChI is InChI=1S/C17H19ClN2O5S/c1-11-9-12(2)16(13(18)10-11)19-17(21)14-3-4-15(25-14)26(22,23)20-5-7-24-8-6-20/h3-4,9-10H,5-8H2,1-2H3,(H,19,21). The number of morpholine rings is 1. The van der Waals surface area contributed by atoms with Gasteiger partial charge < -0.3 is 14.5 Å². The summed E-state index contributed by atoms with van der Waals surface area (Å²) in [6.45, 7) is 4.90. The number of halogens is 1. The zero-order valence-corrected chi connectivity index (χ0v) is 16.0. The van der Waals surface area contributed by atoms with Crippen LogP contribution in [-0.2, 0) is 14.8 Å². The highest BCUT2D eigenvalue weighted by atomic mass is 35.5. The molecule has 0 spiro atoms. The molecule has 0 unspecified atom stereocenters. The lowest BCUT2D eigenvalue weighted by Gasteiger charge is -2.24. The molecule has 0 atom stereocenters. The van der Waals surface area contributed by atoms with E-state index in [1.807, 2.05) is 19.9 Å². The van der Waals surface area contributed by atoms with Crippen molar-refractivity contribution >= 4 is 33.2 Å². The molecule has 7 nitrogen and oxygen atoms in total. The molecule has 0 aliphatic carbocycles. The average molecular weight is 399 g/mol. The lowest BCUT2D eigenvalue weighted by atomic mass is 10.1. The molecule has 1 aromatic heterocycles. The Kier molecular flexibility index (Phi) is 5.38. The molecule has 9 heteroatoms. The normalized spacial score (nSPS) is 15.8. The van der Waals surface area contributed by atoms with E-state index in [0.717, 1.165) is 11.1 Å². The molecule has 26 heavy (non-hydrogen) atoms. The lowest BCUT2D eigenvalue weighted by molar-refractivity contribution is 0.0723. The molecule has 0 bridgehead atoms. The van der Waals surface area contributed by atoms with E-state index in [0.29, 0.717) is 23.9 Å². The third kappa shape index (κ3) is 3.78. The van der Waals surface area contributed by atoms with Crippen LogP contribution in [0.3, 0.4) is 0 Å². The molecule has 2 aromatic rings. The van der Waals surface area contributed by atoms with Crippen molar-refractivity contribution in [2.75, 3.05) is 31.6 Å². The van der Waals surface area contributed by atoms with Gasteiger partial charge in [-0.2, -0.15) is 4.31 Å². The van der Waals surface area contributed by atoms with Gasteiger partial charge in [0.15, 0.2) is 5.76 Å². The smallest absolute Gasteiger partial charge is 0.291 e. The van der Waals surface area contributed by atoms with Crippen LogP contribution in [0.15, 0.2) is 33.8 Å². The van der Waals surface area contributed by atoms with Gasteiger partial charge in [0.05, 0.1) is 23.9 Å². The zero-order valence-electron chi connectivity index (χ0n) is 14.4. The summed E-state index contributed by atoms with van der Waals surface area (Å²) in [4.78, 5) is 12.4. The molecule has 140 valence electrons. The third-order valence-electron chi connectivity index (χ3n) is 4.04. The summed E-state index contributed by atoms with van der Waals surface area (Å²) in [5.74, 6) is -0.671. The summed E-state index contributed by atoms with van der Waals surface area (Å²) in [6, 6.07) is 6.24. The van der Waals surface area contributed by atoms with E-state index in [1.165, 1.54) is 16.4 Å². The molecule has 1 saturated heterocycles. The monoisotopic (exact) mass is 398 g/mol. The number of carbonyl (C=O) groups excluding carboxylic acids is 1. The number of hydrogen-bond acceptors (Lipinski definition) is 5. The van der Waals surface area contributed by atoms with Crippen molar-refractivity contribution in [1.82, 2.24) is 4.31 Å². The number of carbonyl (C=O) groups is 1. The van der Waals surface area contributed by atoms with Crippen LogP contribution in [0.5, 0.6) is 0 Å². The van der Waals surface area contributed by atoms with Gasteiger partial charge in [0, 0.05) is 13.1 Å². The van der Waals surface area contributed by atoms with Gasteiger partial charge >= 0.3 is 0 Å². The summed E-state index contributed by atoms with van der Waals surface area (Å²) < 4.78 is 36.8. The molecule has 1 amide bonds. The Bertz CT molecular complexity index is 909. The second-order valence-corrected chi connectivity index (χ2v) is 8.30. The largest absolute Gasteiger partial charge is 0.438 e. The first-order chi connectivity index (χ1) is 12.3. The maximum Gasteiger partial charge on any atom is 0.291 e. The number of anilines is 1. The number of nitrogens with one attached hydrogen (secondary N) is 1. The van der Waals surface area contributed by atoms with Crippen LogP contribution in [0.25, 0.3) is 0 Å². The molecular weight excluding hydrogens is 380 g/mol. The summed E-state index contributed by atoms with van der Waals surface area (Å²) in [7, 11) is -3.79. The fourth-order valence-electron chi connectivity index (χ4n) is 2.74. The van der Waals surface area contributed by atoms with Crippen LogP contribution in [0.4, 0.5) is 5.69 Å². The van der Waals surface area contributed by atoms with Crippen LogP contribution < -0.4 is 5.32 Å². The molecule has 2 heterocycles. The van der Waals surface area contributed by atoms with Gasteiger partial charge in [-0.15, -0.1) is 0 Å². The van der Waals surface area contributed by atoms with Crippen molar-refractivity contribution in [3.05, 3.63) is 46.2 Å². The minimum absolute atomic E-state index is 0.104. The van der Waals surface area contributed by atoms with Crippen molar-refractivity contribution in [3.63, 3.8) is 0 Å². The Morgan fingerprint density at radius 2 is 1.88 bits per heavy atom. The van der Waals surface area contributed by atoms with Gasteiger partial charge in [0.25, 0.3) is 15.9 Å². The summed E-state index contributed by atoms with van der Waals surface area (Å²) in [6.07, 6.45) is 0. The summed E-state index contributed by atoms with van der Waals surface area (Å²) in [5, 5.41) is 2.81. The molecule has 1 aliphatic rings. The zero-order chi connectivity index (χ0) is 18.9. The van der Waals surface area contributed by atoms with Crippen LogP contribution in [0, 0.1) is 13.8 Å². The van der Waals surface area contributed by atoms with Gasteiger partial charge in [-0.25, -0.2) is 8.42 Å². The van der Waals surface area contributed by atoms with E-state index in [9.17, 15) is 13.2 Å². The summed E-state index contributed by atoms with van der Waals surface area (Å²) >= 11 is 6.19. The van der Waals surface area contributed by atoms with Crippen LogP contribution in [0.2, 0.25) is 5.02 Å². The van der Waals surface area contributed by atoms with Crippen LogP contribution >= 0.6 is 11.6 Å². The Hall–Kier alpha value is -1.87. The second kappa shape index (κ2) is 7.40. The van der Waals surface area contributed by atoms with Crippen LogP contribution in [-0.4, -0.2) is 44.9 Å². The number of hydrogen-bond donors (Lipinski definition) is 1. The van der Waals surface area contributed by atoms with Gasteiger partial charge in [-0.3, -0.25) is 4.79 Å². The molecule has 0 radical (unpaired) electrons. The number of nitrogens with zero attached hydrogens (tertiary/aromatic N) is 1. The van der Waals surface area contributed by atoms with Crippen LogP contribution in [0.1, 0.15) is 21.7 Å². The Morgan fingerprint density at radius 3 is 2.54 bits per heavy atom. The first-order valence-corrected chi connectivity index (χ1v) is 9.86. The number of ether oxygens (including phenoxy) is 1. The van der Waals surface area contributed by atoms with Crippen molar-refractivity contribution < 1.29 is 22.4 Å². The predicted octanol–water partition coefficient (Wildman–Crippen LogP) is 2.82.